The number of hydrogen-bond donors (Lipinski definition) is 0. The molecule has 2 atom stereocenters. The second-order valence-electron chi connectivity index (χ2n) is 8.92. The molecule has 3 nitrogen and oxygen atoms in total. The molecule has 0 N–H and O–H groups in total. The standard InChI is InChI=1S/C28H28O3/c1-27(2,24(18-19-29)21-12-6-3-7-13-21)25-20-28(26(30)31-25,22-14-8-4-9-15-22)23-16-10-5-11-17-23/h3-17,19,24-25H,18,20H2,1-2H3/t24-,25?/m0/s1. The van der Waals surface area contributed by atoms with Crippen LogP contribution < -0.4 is 0 Å². The fraction of sp³-hybridized carbons (Fsp3) is 0.286. The van der Waals surface area contributed by atoms with Crippen molar-refractivity contribution in [1.29, 1.82) is 0 Å². The van der Waals surface area contributed by atoms with Gasteiger partial charge >= 0.3 is 5.97 Å². The zero-order valence-electron chi connectivity index (χ0n) is 18.0. The maximum Gasteiger partial charge on any atom is 0.321 e. The van der Waals surface area contributed by atoms with Gasteiger partial charge in [-0.2, -0.15) is 0 Å². The molecule has 3 aromatic rings. The van der Waals surface area contributed by atoms with Crippen molar-refractivity contribution in [3.8, 4) is 0 Å². The summed E-state index contributed by atoms with van der Waals surface area (Å²) >= 11 is 0. The number of carbonyl (C=O) groups excluding carboxylic acids is 2. The Morgan fingerprint density at radius 1 is 0.903 bits per heavy atom. The Bertz CT molecular complexity index is 986. The largest absolute Gasteiger partial charge is 0.461 e. The van der Waals surface area contributed by atoms with Crippen LogP contribution in [0.4, 0.5) is 0 Å². The zero-order valence-corrected chi connectivity index (χ0v) is 18.0. The minimum Gasteiger partial charge on any atom is -0.461 e. The third-order valence-corrected chi connectivity index (χ3v) is 6.88. The van der Waals surface area contributed by atoms with E-state index >= 15 is 0 Å². The molecule has 31 heavy (non-hydrogen) atoms. The van der Waals surface area contributed by atoms with Gasteiger partial charge in [0.05, 0.1) is 0 Å². The molecule has 1 saturated heterocycles. The van der Waals surface area contributed by atoms with Crippen LogP contribution in [0.2, 0.25) is 0 Å². The Hall–Kier alpha value is -3.20. The summed E-state index contributed by atoms with van der Waals surface area (Å²) in [6, 6.07) is 29.8. The Labute approximate surface area is 184 Å². The van der Waals surface area contributed by atoms with Crippen LogP contribution in [0, 0.1) is 5.41 Å². The van der Waals surface area contributed by atoms with Gasteiger partial charge in [-0.05, 0) is 22.6 Å². The van der Waals surface area contributed by atoms with Crippen LogP contribution in [0.25, 0.3) is 0 Å². The third kappa shape index (κ3) is 3.69. The van der Waals surface area contributed by atoms with Gasteiger partial charge < -0.3 is 9.53 Å². The van der Waals surface area contributed by atoms with Crippen molar-refractivity contribution in [2.24, 2.45) is 5.41 Å². The minimum absolute atomic E-state index is 0.0497. The van der Waals surface area contributed by atoms with E-state index in [4.69, 9.17) is 4.74 Å². The first kappa shape index (κ1) is 21.0. The number of rotatable bonds is 7. The van der Waals surface area contributed by atoms with Crippen molar-refractivity contribution >= 4 is 12.3 Å². The van der Waals surface area contributed by atoms with Crippen LogP contribution in [-0.2, 0) is 19.7 Å². The van der Waals surface area contributed by atoms with Crippen molar-refractivity contribution in [2.75, 3.05) is 0 Å². The molecule has 1 heterocycles. The van der Waals surface area contributed by atoms with Crippen molar-refractivity contribution < 1.29 is 14.3 Å². The van der Waals surface area contributed by atoms with Crippen LogP contribution in [0.3, 0.4) is 0 Å². The second-order valence-corrected chi connectivity index (χ2v) is 8.92. The lowest BCUT2D eigenvalue weighted by molar-refractivity contribution is -0.148. The first-order valence-corrected chi connectivity index (χ1v) is 10.8. The molecule has 3 heteroatoms. The average molecular weight is 413 g/mol. The van der Waals surface area contributed by atoms with E-state index in [0.29, 0.717) is 12.8 Å². The lowest BCUT2D eigenvalue weighted by Gasteiger charge is -2.38. The summed E-state index contributed by atoms with van der Waals surface area (Å²) in [5.41, 5.74) is 1.69. The van der Waals surface area contributed by atoms with Crippen LogP contribution in [0.15, 0.2) is 91.0 Å². The van der Waals surface area contributed by atoms with Gasteiger partial charge in [-0.25, -0.2) is 0 Å². The summed E-state index contributed by atoms with van der Waals surface area (Å²) in [7, 11) is 0. The van der Waals surface area contributed by atoms with E-state index in [2.05, 4.69) is 13.8 Å². The van der Waals surface area contributed by atoms with E-state index < -0.39 is 10.8 Å². The lowest BCUT2D eigenvalue weighted by Crippen LogP contribution is -2.37. The summed E-state index contributed by atoms with van der Waals surface area (Å²) in [5.74, 6) is -0.271. The molecule has 158 valence electrons. The molecule has 4 rings (SSSR count). The van der Waals surface area contributed by atoms with Crippen LogP contribution in [0.5, 0.6) is 0 Å². The summed E-state index contributed by atoms with van der Waals surface area (Å²) in [6.45, 7) is 4.22. The normalized spacial score (nSPS) is 18.9. The van der Waals surface area contributed by atoms with Gasteiger partial charge in [-0.15, -0.1) is 0 Å². The van der Waals surface area contributed by atoms with Gasteiger partial charge in [0.2, 0.25) is 0 Å². The topological polar surface area (TPSA) is 43.4 Å². The first-order chi connectivity index (χ1) is 15.0. The smallest absolute Gasteiger partial charge is 0.321 e. The molecule has 1 aliphatic rings. The second kappa shape index (κ2) is 8.50. The molecule has 0 spiro atoms. The van der Waals surface area contributed by atoms with Gasteiger partial charge in [-0.1, -0.05) is 105 Å². The van der Waals surface area contributed by atoms with E-state index in [1.165, 1.54) is 0 Å². The molecule has 1 unspecified atom stereocenters. The van der Waals surface area contributed by atoms with Crippen molar-refractivity contribution in [3.05, 3.63) is 108 Å². The van der Waals surface area contributed by atoms with Crippen LogP contribution in [0.1, 0.15) is 49.3 Å². The van der Waals surface area contributed by atoms with Crippen molar-refractivity contribution in [1.82, 2.24) is 0 Å². The molecular weight excluding hydrogens is 384 g/mol. The number of cyclic esters (lactones) is 1. The molecule has 3 aromatic carbocycles. The molecule has 1 aliphatic heterocycles. The fourth-order valence-electron chi connectivity index (χ4n) is 5.01. The van der Waals surface area contributed by atoms with E-state index in [-0.39, 0.29) is 18.0 Å². The molecule has 0 radical (unpaired) electrons. The predicted octanol–water partition coefficient (Wildman–Crippen LogP) is 5.69. The van der Waals surface area contributed by atoms with Crippen LogP contribution >= 0.6 is 0 Å². The number of carbonyl (C=O) groups is 2. The van der Waals surface area contributed by atoms with Crippen molar-refractivity contribution in [2.45, 2.75) is 44.1 Å². The maximum atomic E-state index is 13.6. The molecule has 0 saturated carbocycles. The lowest BCUT2D eigenvalue weighted by atomic mass is 9.65. The Morgan fingerprint density at radius 2 is 1.39 bits per heavy atom. The number of benzene rings is 3. The Kier molecular flexibility index (Phi) is 5.77. The Morgan fingerprint density at radius 3 is 1.87 bits per heavy atom. The van der Waals surface area contributed by atoms with Gasteiger partial charge in [0.15, 0.2) is 0 Å². The molecular formula is C28H28O3. The monoisotopic (exact) mass is 412 g/mol. The SMILES string of the molecule is CC(C)(C1CC(c2ccccc2)(c2ccccc2)C(=O)O1)[C@@H](CC=O)c1ccccc1. The van der Waals surface area contributed by atoms with Gasteiger partial charge in [0.25, 0.3) is 0 Å². The number of hydrogen-bond acceptors (Lipinski definition) is 3. The van der Waals surface area contributed by atoms with Crippen LogP contribution in [-0.4, -0.2) is 18.4 Å². The number of ether oxygens (including phenoxy) is 1. The summed E-state index contributed by atoms with van der Waals surface area (Å²) < 4.78 is 6.14. The number of esters is 1. The minimum atomic E-state index is -0.854. The molecule has 0 amide bonds. The summed E-state index contributed by atoms with van der Waals surface area (Å²) in [5, 5.41) is 0. The molecule has 0 bridgehead atoms. The van der Waals surface area contributed by atoms with E-state index in [9.17, 15) is 9.59 Å². The summed E-state index contributed by atoms with van der Waals surface area (Å²) in [6.07, 6.45) is 1.56. The van der Waals surface area contributed by atoms with E-state index in [1.807, 2.05) is 91.0 Å². The number of aldehydes is 1. The van der Waals surface area contributed by atoms with Crippen molar-refractivity contribution in [3.63, 3.8) is 0 Å². The third-order valence-electron chi connectivity index (χ3n) is 6.88. The highest BCUT2D eigenvalue weighted by atomic mass is 16.6. The molecule has 0 aliphatic carbocycles. The highest BCUT2D eigenvalue weighted by Gasteiger charge is 2.56. The predicted molar refractivity (Wildman–Crippen MR) is 122 cm³/mol. The molecule has 0 aromatic heterocycles. The zero-order chi connectivity index (χ0) is 21.9. The van der Waals surface area contributed by atoms with Gasteiger partial charge in [0.1, 0.15) is 17.8 Å². The van der Waals surface area contributed by atoms with E-state index in [1.54, 1.807) is 0 Å². The quantitative estimate of drug-likeness (QED) is 0.370. The molecule has 1 fully saturated rings. The average Bonchev–Trinajstić information content (AvgIpc) is 3.18. The van der Waals surface area contributed by atoms with Gasteiger partial charge in [0, 0.05) is 18.3 Å². The highest BCUT2D eigenvalue weighted by Crippen LogP contribution is 2.52. The van der Waals surface area contributed by atoms with Gasteiger partial charge in [-0.3, -0.25) is 4.79 Å². The first-order valence-electron chi connectivity index (χ1n) is 10.8. The fourth-order valence-corrected chi connectivity index (χ4v) is 5.01. The highest BCUT2D eigenvalue weighted by molar-refractivity contribution is 5.89. The van der Waals surface area contributed by atoms with E-state index in [0.717, 1.165) is 23.0 Å². The maximum absolute atomic E-state index is 13.6. The Balaban J connectivity index is 1.78. The summed E-state index contributed by atoms with van der Waals surface area (Å²) in [4.78, 5) is 25.2.